The van der Waals surface area contributed by atoms with E-state index in [0.717, 1.165) is 27.3 Å². The number of ether oxygens (including phenoxy) is 1. The van der Waals surface area contributed by atoms with Crippen molar-refractivity contribution in [3.8, 4) is 5.75 Å². The molecule has 5 nitrogen and oxygen atoms in total. The van der Waals surface area contributed by atoms with Crippen LogP contribution in [-0.2, 0) is 23.0 Å². The van der Waals surface area contributed by atoms with Crippen LogP contribution in [0.2, 0.25) is 0 Å². The van der Waals surface area contributed by atoms with Gasteiger partial charge in [0.25, 0.3) is 0 Å². The van der Waals surface area contributed by atoms with E-state index in [9.17, 15) is 13.5 Å². The molecule has 0 saturated heterocycles. The van der Waals surface area contributed by atoms with Crippen LogP contribution in [0.3, 0.4) is 0 Å². The van der Waals surface area contributed by atoms with Crippen LogP contribution in [-0.4, -0.2) is 20.6 Å². The average molecular weight is 418 g/mol. The van der Waals surface area contributed by atoms with Crippen LogP contribution in [0.5, 0.6) is 5.75 Å². The average Bonchev–Trinajstić information content (AvgIpc) is 3.21. The zero-order valence-corrected chi connectivity index (χ0v) is 17.4. The molecule has 148 valence electrons. The number of thiophene rings is 1. The molecule has 0 aliphatic carbocycles. The molecule has 0 bridgehead atoms. The van der Waals surface area contributed by atoms with Crippen LogP contribution in [0.4, 0.5) is 0 Å². The highest BCUT2D eigenvalue weighted by atomic mass is 32.2. The molecule has 0 aliphatic heterocycles. The van der Waals surface area contributed by atoms with E-state index in [0.29, 0.717) is 5.75 Å². The summed E-state index contributed by atoms with van der Waals surface area (Å²) in [5.74, 6) is 0.316. The van der Waals surface area contributed by atoms with Gasteiger partial charge >= 0.3 is 0 Å². The first kappa shape index (κ1) is 20.5. The van der Waals surface area contributed by atoms with E-state index in [4.69, 9.17) is 4.74 Å². The normalized spacial score (nSPS) is 12.7. The maximum absolute atomic E-state index is 12.8. The van der Waals surface area contributed by atoms with Crippen molar-refractivity contribution in [3.63, 3.8) is 0 Å². The van der Waals surface area contributed by atoms with Crippen molar-refractivity contribution < 1.29 is 18.3 Å². The van der Waals surface area contributed by atoms with E-state index in [-0.39, 0.29) is 11.4 Å². The van der Waals surface area contributed by atoms with E-state index in [2.05, 4.69) is 4.72 Å². The summed E-state index contributed by atoms with van der Waals surface area (Å²) in [4.78, 5) is 1.72. The molecule has 3 rings (SSSR count). The molecule has 0 radical (unpaired) electrons. The van der Waals surface area contributed by atoms with E-state index in [1.807, 2.05) is 55.5 Å². The molecule has 0 aliphatic rings. The van der Waals surface area contributed by atoms with Gasteiger partial charge in [0, 0.05) is 16.3 Å². The van der Waals surface area contributed by atoms with E-state index in [1.54, 1.807) is 12.1 Å². The van der Waals surface area contributed by atoms with Crippen molar-refractivity contribution in [2.45, 2.75) is 30.9 Å². The second-order valence-electron chi connectivity index (χ2n) is 6.28. The van der Waals surface area contributed by atoms with Crippen LogP contribution in [0, 0.1) is 0 Å². The van der Waals surface area contributed by atoms with Crippen molar-refractivity contribution in [2.75, 3.05) is 7.11 Å². The van der Waals surface area contributed by atoms with Crippen molar-refractivity contribution in [3.05, 3.63) is 81.5 Å². The summed E-state index contributed by atoms with van der Waals surface area (Å²) in [5.41, 5.74) is 1.73. The number of aryl methyl sites for hydroxylation is 1. The van der Waals surface area contributed by atoms with Crippen LogP contribution >= 0.6 is 11.3 Å². The molecule has 7 heteroatoms. The molecule has 0 saturated carbocycles. The highest BCUT2D eigenvalue weighted by molar-refractivity contribution is 7.89. The number of benzene rings is 2. The third-order valence-corrected chi connectivity index (χ3v) is 6.99. The van der Waals surface area contributed by atoms with Crippen molar-refractivity contribution in [1.29, 1.82) is 0 Å². The van der Waals surface area contributed by atoms with Gasteiger partial charge in [-0.05, 0) is 41.8 Å². The minimum Gasteiger partial charge on any atom is -0.495 e. The fourth-order valence-electron chi connectivity index (χ4n) is 2.83. The SMILES string of the molecule is CCc1ccc(OC)c(S(=O)(=O)NCc2ccc(C(O)c3ccccc3)s2)c1. The molecule has 1 unspecified atom stereocenters. The lowest BCUT2D eigenvalue weighted by atomic mass is 10.1. The van der Waals surface area contributed by atoms with Gasteiger partial charge in [0.15, 0.2) is 0 Å². The fraction of sp³-hybridized carbons (Fsp3) is 0.238. The summed E-state index contributed by atoms with van der Waals surface area (Å²) >= 11 is 1.38. The lowest BCUT2D eigenvalue weighted by Gasteiger charge is -2.12. The predicted octanol–water partition coefficient (Wildman–Crippen LogP) is 3.88. The van der Waals surface area contributed by atoms with Gasteiger partial charge in [-0.3, -0.25) is 0 Å². The summed E-state index contributed by atoms with van der Waals surface area (Å²) in [6.45, 7) is 2.12. The fourth-order valence-corrected chi connectivity index (χ4v) is 5.11. The van der Waals surface area contributed by atoms with Crippen LogP contribution in [0.1, 0.15) is 33.9 Å². The summed E-state index contributed by atoms with van der Waals surface area (Å²) in [7, 11) is -2.27. The standard InChI is InChI=1S/C21H23NO4S2/c1-3-15-9-11-18(26-2)20(13-15)28(24,25)22-14-17-10-12-19(27-17)21(23)16-7-5-4-6-8-16/h4-13,21-23H,3,14H2,1-2H3. The van der Waals surface area contributed by atoms with Gasteiger partial charge in [-0.2, -0.15) is 0 Å². The van der Waals surface area contributed by atoms with Gasteiger partial charge in [-0.1, -0.05) is 43.3 Å². The highest BCUT2D eigenvalue weighted by Gasteiger charge is 2.20. The van der Waals surface area contributed by atoms with Gasteiger partial charge in [0.1, 0.15) is 16.7 Å². The molecular weight excluding hydrogens is 394 g/mol. The lowest BCUT2D eigenvalue weighted by Crippen LogP contribution is -2.23. The van der Waals surface area contributed by atoms with Crippen molar-refractivity contribution >= 4 is 21.4 Å². The Morgan fingerprint density at radius 2 is 1.86 bits per heavy atom. The third kappa shape index (κ3) is 4.62. The Bertz CT molecular complexity index is 1030. The maximum atomic E-state index is 12.8. The quantitative estimate of drug-likeness (QED) is 0.583. The van der Waals surface area contributed by atoms with Gasteiger partial charge in [0.2, 0.25) is 10.0 Å². The number of sulfonamides is 1. The van der Waals surface area contributed by atoms with Gasteiger partial charge in [-0.15, -0.1) is 11.3 Å². The smallest absolute Gasteiger partial charge is 0.244 e. The molecule has 2 aromatic carbocycles. The van der Waals surface area contributed by atoms with Gasteiger partial charge in [-0.25, -0.2) is 13.1 Å². The molecule has 0 spiro atoms. The Kier molecular flexibility index (Phi) is 6.51. The second-order valence-corrected chi connectivity index (χ2v) is 9.22. The monoisotopic (exact) mass is 417 g/mol. The molecule has 28 heavy (non-hydrogen) atoms. The number of aliphatic hydroxyl groups excluding tert-OH is 1. The zero-order chi connectivity index (χ0) is 20.1. The number of hydrogen-bond donors (Lipinski definition) is 2. The largest absolute Gasteiger partial charge is 0.495 e. The third-order valence-electron chi connectivity index (χ3n) is 4.43. The van der Waals surface area contributed by atoms with Crippen LogP contribution in [0.15, 0.2) is 65.6 Å². The number of rotatable bonds is 8. The molecule has 1 atom stereocenters. The lowest BCUT2D eigenvalue weighted by molar-refractivity contribution is 0.224. The van der Waals surface area contributed by atoms with Gasteiger partial charge < -0.3 is 9.84 Å². The Balaban J connectivity index is 1.75. The Morgan fingerprint density at radius 3 is 2.54 bits per heavy atom. The first-order valence-electron chi connectivity index (χ1n) is 8.92. The molecule has 0 amide bonds. The summed E-state index contributed by atoms with van der Waals surface area (Å²) in [6.07, 6.45) is 0.0101. The minimum absolute atomic E-state index is 0.135. The van der Waals surface area contributed by atoms with E-state index in [1.165, 1.54) is 18.4 Å². The summed E-state index contributed by atoms with van der Waals surface area (Å²) < 4.78 is 33.4. The van der Waals surface area contributed by atoms with Crippen LogP contribution in [0.25, 0.3) is 0 Å². The Hall–Kier alpha value is -2.19. The Morgan fingerprint density at radius 1 is 1.11 bits per heavy atom. The maximum Gasteiger partial charge on any atom is 0.244 e. The molecule has 0 fully saturated rings. The number of methoxy groups -OCH3 is 1. The van der Waals surface area contributed by atoms with Crippen molar-refractivity contribution in [1.82, 2.24) is 4.72 Å². The first-order valence-corrected chi connectivity index (χ1v) is 11.2. The molecule has 2 N–H and O–H groups in total. The Labute approximate surface area is 169 Å². The summed E-state index contributed by atoms with van der Waals surface area (Å²) in [6, 6.07) is 18.2. The summed E-state index contributed by atoms with van der Waals surface area (Å²) in [5, 5.41) is 10.5. The molecular formula is C21H23NO4S2. The minimum atomic E-state index is -3.73. The predicted molar refractivity (Wildman–Crippen MR) is 111 cm³/mol. The van der Waals surface area contributed by atoms with E-state index < -0.39 is 16.1 Å². The van der Waals surface area contributed by atoms with Crippen LogP contribution < -0.4 is 9.46 Å². The number of nitrogens with one attached hydrogen (secondary N) is 1. The number of hydrogen-bond acceptors (Lipinski definition) is 5. The highest BCUT2D eigenvalue weighted by Crippen LogP contribution is 2.29. The zero-order valence-electron chi connectivity index (χ0n) is 15.8. The molecule has 3 aromatic rings. The van der Waals surface area contributed by atoms with Gasteiger partial charge in [0.05, 0.1) is 7.11 Å². The molecule has 1 aromatic heterocycles. The first-order chi connectivity index (χ1) is 13.4. The number of aliphatic hydroxyl groups is 1. The second kappa shape index (κ2) is 8.87. The molecule has 1 heterocycles. The topological polar surface area (TPSA) is 75.6 Å². The van der Waals surface area contributed by atoms with E-state index >= 15 is 0 Å². The van der Waals surface area contributed by atoms with Crippen molar-refractivity contribution in [2.24, 2.45) is 0 Å².